The molecule has 0 spiro atoms. The lowest BCUT2D eigenvalue weighted by molar-refractivity contribution is 0.0544. The number of aromatic nitrogens is 1. The number of pyridine rings is 1. The van der Waals surface area contributed by atoms with E-state index in [2.05, 4.69) is 26.8 Å². The van der Waals surface area contributed by atoms with Crippen LogP contribution in [0.4, 0.5) is 0 Å². The first-order chi connectivity index (χ1) is 14.2. The number of hydrogen-bond donors (Lipinski definition) is 2. The van der Waals surface area contributed by atoms with Gasteiger partial charge in [0.2, 0.25) is 0 Å². The maximum atomic E-state index is 13.0. The van der Waals surface area contributed by atoms with E-state index in [9.17, 15) is 4.79 Å². The van der Waals surface area contributed by atoms with E-state index in [4.69, 9.17) is 9.47 Å². The number of hydrazine groups is 1. The second kappa shape index (κ2) is 8.77. The van der Waals surface area contributed by atoms with E-state index in [1.165, 1.54) is 5.56 Å². The Morgan fingerprint density at radius 3 is 2.41 bits per heavy atom. The molecule has 2 unspecified atom stereocenters. The van der Waals surface area contributed by atoms with Gasteiger partial charge in [-0.2, -0.15) is 0 Å². The smallest absolute Gasteiger partial charge is 0.254 e. The summed E-state index contributed by atoms with van der Waals surface area (Å²) in [6.45, 7) is 3.03. The number of hydrogen-bond acceptors (Lipinski definition) is 7. The van der Waals surface area contributed by atoms with Gasteiger partial charge in [0.15, 0.2) is 0 Å². The van der Waals surface area contributed by atoms with Crippen LogP contribution in [0.3, 0.4) is 0 Å². The molecule has 0 aliphatic carbocycles. The molecular weight excluding hydrogens is 370 g/mol. The molecule has 1 amide bonds. The Labute approximate surface area is 170 Å². The van der Waals surface area contributed by atoms with Crippen LogP contribution in [0.2, 0.25) is 0 Å². The number of piperazine rings is 1. The number of benzene rings is 1. The van der Waals surface area contributed by atoms with Gasteiger partial charge < -0.3 is 14.4 Å². The molecule has 154 valence electrons. The lowest BCUT2D eigenvalue weighted by Crippen LogP contribution is -2.55. The van der Waals surface area contributed by atoms with Crippen LogP contribution in [0, 0.1) is 0 Å². The third-order valence-electron chi connectivity index (χ3n) is 5.61. The van der Waals surface area contributed by atoms with Crippen LogP contribution in [0.1, 0.15) is 28.4 Å². The molecule has 2 N–H and O–H groups in total. The summed E-state index contributed by atoms with van der Waals surface area (Å²) in [5.74, 6) is 1.25. The zero-order valence-electron chi connectivity index (χ0n) is 16.8. The van der Waals surface area contributed by atoms with Crippen molar-refractivity contribution >= 4 is 5.91 Å². The highest BCUT2D eigenvalue weighted by Crippen LogP contribution is 2.26. The molecule has 2 aliphatic rings. The average Bonchev–Trinajstić information content (AvgIpc) is 3.29. The summed E-state index contributed by atoms with van der Waals surface area (Å²) in [7, 11) is 3.17. The molecule has 0 bridgehead atoms. The normalized spacial score (nSPS) is 22.5. The van der Waals surface area contributed by atoms with Crippen molar-refractivity contribution in [3.63, 3.8) is 0 Å². The Bertz CT molecular complexity index is 817. The fraction of sp³-hybridized carbons (Fsp3) is 0.429. The lowest BCUT2D eigenvalue weighted by Gasteiger charge is -2.37. The quantitative estimate of drug-likeness (QED) is 0.790. The monoisotopic (exact) mass is 397 g/mol. The Morgan fingerprint density at radius 2 is 1.79 bits per heavy atom. The van der Waals surface area contributed by atoms with Crippen molar-refractivity contribution in [1.29, 1.82) is 0 Å². The number of rotatable bonds is 5. The van der Waals surface area contributed by atoms with E-state index < -0.39 is 0 Å². The standard InChI is InChI=1S/C21H27N5O3/c1-28-17-10-16(11-18(12-17)29-2)21(27)26-8-6-25(7-9-26)20-13-19(23-24-20)15-4-3-5-22-14-15/h3-5,10-12,14,19-20,23-24H,6-9,13H2,1-2H3. The average molecular weight is 397 g/mol. The van der Waals surface area contributed by atoms with Gasteiger partial charge in [-0.15, -0.1) is 0 Å². The van der Waals surface area contributed by atoms with Crippen LogP contribution in [0.5, 0.6) is 11.5 Å². The van der Waals surface area contributed by atoms with Gasteiger partial charge >= 0.3 is 0 Å². The largest absolute Gasteiger partial charge is 0.497 e. The number of amides is 1. The number of carbonyl (C=O) groups excluding carboxylic acids is 1. The summed E-state index contributed by atoms with van der Waals surface area (Å²) in [5.41, 5.74) is 8.53. The Morgan fingerprint density at radius 1 is 1.07 bits per heavy atom. The number of carbonyl (C=O) groups is 1. The van der Waals surface area contributed by atoms with Crippen molar-refractivity contribution in [2.45, 2.75) is 18.6 Å². The zero-order valence-corrected chi connectivity index (χ0v) is 16.8. The molecule has 2 atom stereocenters. The van der Waals surface area contributed by atoms with Crippen LogP contribution >= 0.6 is 0 Å². The van der Waals surface area contributed by atoms with Crippen molar-refractivity contribution in [2.75, 3.05) is 40.4 Å². The second-order valence-electron chi connectivity index (χ2n) is 7.31. The van der Waals surface area contributed by atoms with Crippen LogP contribution in [0.25, 0.3) is 0 Å². The Balaban J connectivity index is 1.34. The fourth-order valence-electron chi connectivity index (χ4n) is 3.93. The van der Waals surface area contributed by atoms with Crippen molar-refractivity contribution in [3.05, 3.63) is 53.9 Å². The van der Waals surface area contributed by atoms with Crippen LogP contribution in [0.15, 0.2) is 42.7 Å². The van der Waals surface area contributed by atoms with Gasteiger partial charge in [-0.25, -0.2) is 10.9 Å². The molecular formula is C21H27N5O3. The number of methoxy groups -OCH3 is 2. The van der Waals surface area contributed by atoms with E-state index in [0.717, 1.165) is 19.5 Å². The molecule has 2 aromatic rings. The van der Waals surface area contributed by atoms with Gasteiger partial charge in [0.1, 0.15) is 11.5 Å². The highest BCUT2D eigenvalue weighted by atomic mass is 16.5. The van der Waals surface area contributed by atoms with Gasteiger partial charge in [0, 0.05) is 50.2 Å². The third kappa shape index (κ3) is 4.34. The summed E-state index contributed by atoms with van der Waals surface area (Å²) in [6.07, 6.45) is 4.90. The van der Waals surface area contributed by atoms with Crippen LogP contribution in [-0.4, -0.2) is 67.3 Å². The van der Waals surface area contributed by atoms with E-state index in [1.54, 1.807) is 38.6 Å². The predicted molar refractivity (Wildman–Crippen MR) is 109 cm³/mol. The molecule has 1 aromatic heterocycles. The van der Waals surface area contributed by atoms with Crippen LogP contribution < -0.4 is 20.3 Å². The molecule has 2 fully saturated rings. The lowest BCUT2D eigenvalue weighted by atomic mass is 10.1. The Hall–Kier alpha value is -2.68. The molecule has 8 heteroatoms. The van der Waals surface area contributed by atoms with Crippen molar-refractivity contribution < 1.29 is 14.3 Å². The molecule has 2 saturated heterocycles. The first-order valence-corrected chi connectivity index (χ1v) is 9.85. The van der Waals surface area contributed by atoms with Gasteiger partial charge in [0.25, 0.3) is 5.91 Å². The molecule has 3 heterocycles. The SMILES string of the molecule is COc1cc(OC)cc(C(=O)N2CCN(C3CC(c4cccnc4)NN3)CC2)c1. The minimum Gasteiger partial charge on any atom is -0.497 e. The molecule has 4 rings (SSSR count). The summed E-state index contributed by atoms with van der Waals surface area (Å²) < 4.78 is 10.6. The first-order valence-electron chi connectivity index (χ1n) is 9.85. The number of nitrogens with zero attached hydrogens (tertiary/aromatic N) is 3. The van der Waals surface area contributed by atoms with E-state index in [-0.39, 0.29) is 18.1 Å². The van der Waals surface area contributed by atoms with Gasteiger partial charge in [0.05, 0.1) is 26.4 Å². The van der Waals surface area contributed by atoms with Gasteiger partial charge in [-0.05, 0) is 30.2 Å². The minimum atomic E-state index is 0.00703. The zero-order chi connectivity index (χ0) is 20.2. The van der Waals surface area contributed by atoms with E-state index in [1.807, 2.05) is 17.2 Å². The highest BCUT2D eigenvalue weighted by Gasteiger charge is 2.32. The Kier molecular flexibility index (Phi) is 5.94. The van der Waals surface area contributed by atoms with Crippen molar-refractivity contribution in [3.8, 4) is 11.5 Å². The van der Waals surface area contributed by atoms with Gasteiger partial charge in [-0.1, -0.05) is 6.07 Å². The van der Waals surface area contributed by atoms with Gasteiger partial charge in [-0.3, -0.25) is 14.7 Å². The molecule has 0 radical (unpaired) electrons. The fourth-order valence-corrected chi connectivity index (χ4v) is 3.93. The topological polar surface area (TPSA) is 79.0 Å². The number of nitrogens with one attached hydrogen (secondary N) is 2. The molecule has 29 heavy (non-hydrogen) atoms. The minimum absolute atomic E-state index is 0.00703. The second-order valence-corrected chi connectivity index (χ2v) is 7.31. The summed E-state index contributed by atoms with van der Waals surface area (Å²) in [4.78, 5) is 21.5. The van der Waals surface area contributed by atoms with Crippen LogP contribution in [-0.2, 0) is 0 Å². The van der Waals surface area contributed by atoms with Crippen molar-refractivity contribution in [2.24, 2.45) is 0 Å². The number of ether oxygens (including phenoxy) is 2. The molecule has 2 aliphatic heterocycles. The van der Waals surface area contributed by atoms with Crippen molar-refractivity contribution in [1.82, 2.24) is 25.6 Å². The maximum absolute atomic E-state index is 13.0. The van der Waals surface area contributed by atoms with E-state index in [0.29, 0.717) is 30.2 Å². The summed E-state index contributed by atoms with van der Waals surface area (Å²) >= 11 is 0. The molecule has 1 aromatic carbocycles. The van der Waals surface area contributed by atoms with E-state index >= 15 is 0 Å². The highest BCUT2D eigenvalue weighted by molar-refractivity contribution is 5.95. The molecule has 8 nitrogen and oxygen atoms in total. The predicted octanol–water partition coefficient (Wildman–Crippen LogP) is 1.42. The third-order valence-corrected chi connectivity index (χ3v) is 5.61. The maximum Gasteiger partial charge on any atom is 0.254 e. The first kappa shape index (κ1) is 19.6. The summed E-state index contributed by atoms with van der Waals surface area (Å²) in [5, 5.41) is 0. The summed E-state index contributed by atoms with van der Waals surface area (Å²) in [6, 6.07) is 9.59. The molecule has 0 saturated carbocycles.